The van der Waals surface area contributed by atoms with Crippen molar-refractivity contribution in [3.05, 3.63) is 33.9 Å². The number of hydrogen-bond acceptors (Lipinski definition) is 4. The first-order valence-electron chi connectivity index (χ1n) is 3.46. The predicted octanol–water partition coefficient (Wildman–Crippen LogP) is 0.0976. The molecule has 6 nitrogen and oxygen atoms in total. The van der Waals surface area contributed by atoms with Crippen molar-refractivity contribution in [2.75, 3.05) is 0 Å². The van der Waals surface area contributed by atoms with Gasteiger partial charge in [0.25, 0.3) is 0 Å². The first-order chi connectivity index (χ1) is 6.86. The molecule has 0 amide bonds. The maximum Gasteiger partial charge on any atom is 0.153 e. The molecule has 0 bridgehead atoms. The van der Waals surface area contributed by atoms with E-state index in [0.29, 0.717) is 6.07 Å². The van der Waals surface area contributed by atoms with Crippen LogP contribution in [-0.4, -0.2) is 11.9 Å². The molecular formula is C8H9ClF2N2O4. The Morgan fingerprint density at radius 1 is 1.06 bits per heavy atom. The van der Waals surface area contributed by atoms with Crippen LogP contribution in [-0.2, 0) is 0 Å². The number of halogens is 3. The Hall–Kier alpha value is -1.77. The molecule has 0 unspecified atom stereocenters. The summed E-state index contributed by atoms with van der Waals surface area (Å²) in [4.78, 5) is 20.6. The molecule has 0 heterocycles. The number of aromatic carboxylic acids is 2. The molecular weight excluding hydrogens is 262 g/mol. The van der Waals surface area contributed by atoms with Crippen LogP contribution in [0.1, 0.15) is 20.7 Å². The predicted molar refractivity (Wildman–Crippen MR) is 52.0 cm³/mol. The number of rotatable bonds is 2. The van der Waals surface area contributed by atoms with E-state index in [4.69, 9.17) is 11.6 Å². The smallest absolute Gasteiger partial charge is 0.153 e. The highest BCUT2D eigenvalue weighted by Crippen LogP contribution is 2.24. The van der Waals surface area contributed by atoms with Gasteiger partial charge in [-0.1, -0.05) is 11.6 Å². The van der Waals surface area contributed by atoms with Crippen molar-refractivity contribution in [3.8, 4) is 0 Å². The van der Waals surface area contributed by atoms with Crippen molar-refractivity contribution in [2.45, 2.75) is 0 Å². The first-order valence-corrected chi connectivity index (χ1v) is 3.84. The van der Waals surface area contributed by atoms with E-state index in [1.807, 2.05) is 0 Å². The lowest BCUT2D eigenvalue weighted by Gasteiger charge is -2.12. The molecule has 0 atom stereocenters. The molecule has 0 spiro atoms. The minimum absolute atomic E-state index is 0. The van der Waals surface area contributed by atoms with Gasteiger partial charge in [0.05, 0.1) is 22.5 Å². The summed E-state index contributed by atoms with van der Waals surface area (Å²) >= 11 is 5.16. The van der Waals surface area contributed by atoms with Crippen LogP contribution < -0.4 is 22.5 Å². The molecule has 0 aliphatic carbocycles. The number of carbonyl (C=O) groups is 2. The van der Waals surface area contributed by atoms with Crippen molar-refractivity contribution in [1.82, 2.24) is 12.3 Å². The van der Waals surface area contributed by atoms with Crippen molar-refractivity contribution >= 4 is 23.5 Å². The van der Waals surface area contributed by atoms with Gasteiger partial charge >= 0.3 is 0 Å². The molecule has 0 saturated heterocycles. The van der Waals surface area contributed by atoms with Gasteiger partial charge < -0.3 is 32.1 Å². The highest BCUT2D eigenvalue weighted by Gasteiger charge is 2.18. The van der Waals surface area contributed by atoms with E-state index in [1.165, 1.54) is 0 Å². The normalized spacial score (nSPS) is 8.88. The lowest BCUT2D eigenvalue weighted by Crippen LogP contribution is -2.29. The average Bonchev–Trinajstić information content (AvgIpc) is 2.10. The van der Waals surface area contributed by atoms with E-state index in [1.54, 1.807) is 0 Å². The van der Waals surface area contributed by atoms with Crippen LogP contribution in [0.2, 0.25) is 5.02 Å². The molecule has 9 heteroatoms. The molecule has 0 aliphatic rings. The fourth-order valence-electron chi connectivity index (χ4n) is 0.932. The summed E-state index contributed by atoms with van der Waals surface area (Å²) in [6.07, 6.45) is 0. The molecule has 1 aromatic carbocycles. The lowest BCUT2D eigenvalue weighted by molar-refractivity contribution is -0.255. The maximum absolute atomic E-state index is 13.1. The van der Waals surface area contributed by atoms with Crippen LogP contribution in [0.5, 0.6) is 0 Å². The third-order valence-corrected chi connectivity index (χ3v) is 1.86. The number of carboxylic acids is 2. The highest BCUT2D eigenvalue weighted by atomic mass is 35.5. The molecule has 1 aromatic rings. The van der Waals surface area contributed by atoms with Crippen LogP contribution in [0, 0.1) is 11.6 Å². The van der Waals surface area contributed by atoms with Crippen LogP contribution in [0.25, 0.3) is 0 Å². The van der Waals surface area contributed by atoms with Gasteiger partial charge in [-0.05, 0) is 6.07 Å². The van der Waals surface area contributed by atoms with Gasteiger partial charge in [-0.15, -0.1) is 0 Å². The second kappa shape index (κ2) is 6.09. The Morgan fingerprint density at radius 3 is 1.88 bits per heavy atom. The van der Waals surface area contributed by atoms with Gasteiger partial charge in [-0.25, -0.2) is 8.78 Å². The average molecular weight is 271 g/mol. The van der Waals surface area contributed by atoms with Gasteiger partial charge in [0, 0.05) is 5.56 Å². The zero-order valence-corrected chi connectivity index (χ0v) is 9.60. The van der Waals surface area contributed by atoms with E-state index in [-0.39, 0.29) is 12.3 Å². The summed E-state index contributed by atoms with van der Waals surface area (Å²) in [5.41, 5.74) is -2.66. The quantitative estimate of drug-likeness (QED) is 0.731. The monoisotopic (exact) mass is 270 g/mol. The zero-order valence-electron chi connectivity index (χ0n) is 8.84. The minimum Gasteiger partial charge on any atom is -0.545 e. The number of quaternary nitrogens is 2. The minimum atomic E-state index is -2.20. The van der Waals surface area contributed by atoms with Crippen LogP contribution in [0.15, 0.2) is 6.07 Å². The number of benzene rings is 1. The SMILES string of the molecule is O=C([O-])c1cc(Cl)c(F)c(C(=O)[O-])c1F.[NH4+].[NH4+]. The Bertz CT molecular complexity index is 467. The maximum atomic E-state index is 13.1. The van der Waals surface area contributed by atoms with Gasteiger partial charge in [0.1, 0.15) is 5.82 Å². The zero-order chi connectivity index (χ0) is 11.7. The number of carboxylic acid groups (broad SMARTS) is 2. The summed E-state index contributed by atoms with van der Waals surface area (Å²) < 4.78 is 26.0. The Labute approximate surface area is 99.0 Å². The molecule has 17 heavy (non-hydrogen) atoms. The molecule has 96 valence electrons. The van der Waals surface area contributed by atoms with E-state index < -0.39 is 39.7 Å². The lowest BCUT2D eigenvalue weighted by atomic mass is 10.1. The van der Waals surface area contributed by atoms with E-state index in [0.717, 1.165) is 0 Å². The second-order valence-corrected chi connectivity index (χ2v) is 2.89. The summed E-state index contributed by atoms with van der Waals surface area (Å²) in [5.74, 6) is -7.57. The van der Waals surface area contributed by atoms with E-state index in [2.05, 4.69) is 0 Å². The van der Waals surface area contributed by atoms with Crippen LogP contribution >= 0.6 is 11.6 Å². The summed E-state index contributed by atoms with van der Waals surface area (Å²) in [6.45, 7) is 0. The van der Waals surface area contributed by atoms with Gasteiger partial charge in [0.2, 0.25) is 0 Å². The van der Waals surface area contributed by atoms with Gasteiger partial charge in [-0.3, -0.25) is 0 Å². The second-order valence-electron chi connectivity index (χ2n) is 2.48. The summed E-state index contributed by atoms with van der Waals surface area (Å²) in [5, 5.41) is 19.8. The molecule has 0 radical (unpaired) electrons. The van der Waals surface area contributed by atoms with Crippen molar-refractivity contribution in [3.63, 3.8) is 0 Å². The third-order valence-electron chi connectivity index (χ3n) is 1.58. The highest BCUT2D eigenvalue weighted by molar-refractivity contribution is 6.31. The Kier molecular flexibility index (Phi) is 6.31. The number of hydrogen-bond donors (Lipinski definition) is 2. The largest absolute Gasteiger partial charge is 0.545 e. The molecule has 8 N–H and O–H groups in total. The van der Waals surface area contributed by atoms with Crippen molar-refractivity contribution in [2.24, 2.45) is 0 Å². The first kappa shape index (κ1) is 17.6. The van der Waals surface area contributed by atoms with Gasteiger partial charge in [0.15, 0.2) is 5.82 Å². The van der Waals surface area contributed by atoms with E-state index in [9.17, 15) is 28.6 Å². The molecule has 0 aromatic heterocycles. The fraction of sp³-hybridized carbons (Fsp3) is 0. The molecule has 0 aliphatic heterocycles. The summed E-state index contributed by atoms with van der Waals surface area (Å²) in [6, 6.07) is 0.425. The fourth-order valence-corrected chi connectivity index (χ4v) is 1.14. The van der Waals surface area contributed by atoms with Crippen LogP contribution in [0.4, 0.5) is 8.78 Å². The third kappa shape index (κ3) is 3.09. The Balaban J connectivity index is 0. The molecule has 0 fully saturated rings. The van der Waals surface area contributed by atoms with Crippen LogP contribution in [0.3, 0.4) is 0 Å². The summed E-state index contributed by atoms with van der Waals surface area (Å²) in [7, 11) is 0. The standard InChI is InChI=1S/C8H3ClF2O4.2H3N/c9-3-1-2(7(12)13)5(10)4(6(3)11)8(14)15;;/h1H,(H,12,13)(H,14,15);2*1H3. The van der Waals surface area contributed by atoms with E-state index >= 15 is 0 Å². The van der Waals surface area contributed by atoms with Gasteiger partial charge in [-0.2, -0.15) is 0 Å². The molecule has 1 rings (SSSR count). The number of carbonyl (C=O) groups excluding carboxylic acids is 2. The van der Waals surface area contributed by atoms with Crippen molar-refractivity contribution in [1.29, 1.82) is 0 Å². The van der Waals surface area contributed by atoms with Crippen molar-refractivity contribution < 1.29 is 28.6 Å². The molecule has 0 saturated carbocycles. The Morgan fingerprint density at radius 2 is 1.53 bits per heavy atom. The topological polar surface area (TPSA) is 153 Å².